The minimum atomic E-state index is -0.396. The van der Waals surface area contributed by atoms with E-state index in [0.717, 1.165) is 37.5 Å². The molecule has 5 nitrogen and oxygen atoms in total. The van der Waals surface area contributed by atoms with Gasteiger partial charge in [0.2, 0.25) is 5.91 Å². The maximum Gasteiger partial charge on any atom is 0.237 e. The molecule has 126 valence electrons. The molecule has 0 aliphatic carbocycles. The van der Waals surface area contributed by atoms with Gasteiger partial charge in [0.05, 0.1) is 12.1 Å². The van der Waals surface area contributed by atoms with Crippen molar-refractivity contribution in [3.63, 3.8) is 0 Å². The minimum absolute atomic E-state index is 0.0256. The van der Waals surface area contributed by atoms with Gasteiger partial charge in [0.25, 0.3) is 0 Å². The first kappa shape index (κ1) is 16.7. The third-order valence-corrected chi connectivity index (χ3v) is 4.93. The van der Waals surface area contributed by atoms with Gasteiger partial charge in [-0.3, -0.25) is 9.69 Å². The molecular weight excluding hydrogens is 314 g/mol. The molecule has 1 aromatic rings. The summed E-state index contributed by atoms with van der Waals surface area (Å²) in [6.07, 6.45) is 2.05. The highest BCUT2D eigenvalue weighted by atomic mass is 35.5. The molecule has 0 saturated carbocycles. The summed E-state index contributed by atoms with van der Waals surface area (Å²) in [5.41, 5.74) is 1.26. The Balaban J connectivity index is 1.41. The Morgan fingerprint density at radius 3 is 2.61 bits per heavy atom. The van der Waals surface area contributed by atoms with Gasteiger partial charge < -0.3 is 15.7 Å². The summed E-state index contributed by atoms with van der Waals surface area (Å²) in [7, 11) is 0. The van der Waals surface area contributed by atoms with Crippen LogP contribution in [0.4, 0.5) is 0 Å². The zero-order valence-electron chi connectivity index (χ0n) is 13.2. The van der Waals surface area contributed by atoms with E-state index >= 15 is 0 Å². The second kappa shape index (κ2) is 7.62. The Morgan fingerprint density at radius 1 is 1.30 bits per heavy atom. The number of likely N-dealkylation sites (tertiary alicyclic amines) is 1. The number of β-amino-alcohol motifs (C(OH)–C–C–N with tert-alkyl or cyclic N) is 1. The van der Waals surface area contributed by atoms with E-state index in [9.17, 15) is 9.90 Å². The average molecular weight is 338 g/mol. The van der Waals surface area contributed by atoms with Crippen LogP contribution in [-0.4, -0.2) is 53.7 Å². The number of benzene rings is 1. The lowest BCUT2D eigenvalue weighted by Gasteiger charge is -2.32. The average Bonchev–Trinajstić information content (AvgIpc) is 2.98. The highest BCUT2D eigenvalue weighted by Crippen LogP contribution is 2.16. The number of hydrogen-bond acceptors (Lipinski definition) is 4. The first-order chi connectivity index (χ1) is 11.1. The molecule has 0 unspecified atom stereocenters. The standard InChI is InChI=1S/C17H24ClN3O2/c18-13-3-1-12(2-4-13)11-21-7-5-14(6-8-21)20-17(23)16-9-15(22)10-19-16/h1-4,14-16,19,22H,5-11H2,(H,20,23)/t15-,16+/m1/s1. The highest BCUT2D eigenvalue weighted by Gasteiger charge is 2.30. The molecule has 0 radical (unpaired) electrons. The Bertz CT molecular complexity index is 529. The zero-order valence-corrected chi connectivity index (χ0v) is 13.9. The van der Waals surface area contributed by atoms with Gasteiger partial charge in [-0.1, -0.05) is 23.7 Å². The Kier molecular flexibility index (Phi) is 5.54. The quantitative estimate of drug-likeness (QED) is 0.771. The lowest BCUT2D eigenvalue weighted by Crippen LogP contribution is -2.49. The highest BCUT2D eigenvalue weighted by molar-refractivity contribution is 6.30. The van der Waals surface area contributed by atoms with Gasteiger partial charge in [-0.2, -0.15) is 0 Å². The molecule has 2 aliphatic rings. The summed E-state index contributed by atoms with van der Waals surface area (Å²) in [5.74, 6) is 0.0256. The summed E-state index contributed by atoms with van der Waals surface area (Å²) in [5, 5.41) is 16.4. The van der Waals surface area contributed by atoms with Crippen LogP contribution < -0.4 is 10.6 Å². The van der Waals surface area contributed by atoms with Crippen molar-refractivity contribution in [2.45, 2.75) is 44.0 Å². The first-order valence-electron chi connectivity index (χ1n) is 8.29. The number of carbonyl (C=O) groups excluding carboxylic acids is 1. The van der Waals surface area contributed by atoms with Crippen LogP contribution >= 0.6 is 11.6 Å². The van der Waals surface area contributed by atoms with E-state index in [2.05, 4.69) is 27.7 Å². The molecule has 1 amide bonds. The maximum absolute atomic E-state index is 12.2. The van der Waals surface area contributed by atoms with Crippen molar-refractivity contribution < 1.29 is 9.90 Å². The topological polar surface area (TPSA) is 64.6 Å². The maximum atomic E-state index is 12.2. The fourth-order valence-electron chi connectivity index (χ4n) is 3.30. The predicted molar refractivity (Wildman–Crippen MR) is 90.3 cm³/mol. The van der Waals surface area contributed by atoms with Crippen molar-refractivity contribution in [3.8, 4) is 0 Å². The van der Waals surface area contributed by atoms with E-state index in [1.807, 2.05) is 12.1 Å². The number of aliphatic hydroxyl groups is 1. The predicted octanol–water partition coefficient (Wildman–Crippen LogP) is 1.14. The van der Waals surface area contributed by atoms with Crippen molar-refractivity contribution in [2.24, 2.45) is 0 Å². The summed E-state index contributed by atoms with van der Waals surface area (Å²) >= 11 is 5.91. The second-order valence-electron chi connectivity index (χ2n) is 6.54. The number of aliphatic hydroxyl groups excluding tert-OH is 1. The first-order valence-corrected chi connectivity index (χ1v) is 8.66. The molecule has 6 heteroatoms. The van der Waals surface area contributed by atoms with E-state index < -0.39 is 6.10 Å². The van der Waals surface area contributed by atoms with Crippen LogP contribution in [0.3, 0.4) is 0 Å². The van der Waals surface area contributed by atoms with Crippen LogP contribution in [0, 0.1) is 0 Å². The van der Waals surface area contributed by atoms with E-state index in [-0.39, 0.29) is 18.0 Å². The normalized spacial score (nSPS) is 26.3. The molecular formula is C17H24ClN3O2. The van der Waals surface area contributed by atoms with Crippen LogP contribution in [0.15, 0.2) is 24.3 Å². The smallest absolute Gasteiger partial charge is 0.237 e. The zero-order chi connectivity index (χ0) is 16.2. The van der Waals surface area contributed by atoms with Crippen molar-refractivity contribution in [1.29, 1.82) is 0 Å². The monoisotopic (exact) mass is 337 g/mol. The number of rotatable bonds is 4. The number of halogens is 1. The fraction of sp³-hybridized carbons (Fsp3) is 0.588. The van der Waals surface area contributed by atoms with Crippen LogP contribution in [0.5, 0.6) is 0 Å². The molecule has 2 saturated heterocycles. The number of nitrogens with one attached hydrogen (secondary N) is 2. The van der Waals surface area contributed by atoms with E-state index in [4.69, 9.17) is 11.6 Å². The van der Waals surface area contributed by atoms with E-state index in [0.29, 0.717) is 13.0 Å². The third-order valence-electron chi connectivity index (χ3n) is 4.68. The van der Waals surface area contributed by atoms with Crippen molar-refractivity contribution in [2.75, 3.05) is 19.6 Å². The number of piperidine rings is 1. The number of nitrogens with zero attached hydrogens (tertiary/aromatic N) is 1. The molecule has 3 N–H and O–H groups in total. The number of hydrogen-bond donors (Lipinski definition) is 3. The number of amides is 1. The molecule has 1 aromatic carbocycles. The molecule has 2 heterocycles. The number of carbonyl (C=O) groups is 1. The lowest BCUT2D eigenvalue weighted by molar-refractivity contribution is -0.124. The van der Waals surface area contributed by atoms with Gasteiger partial charge in [-0.05, 0) is 37.0 Å². The van der Waals surface area contributed by atoms with Crippen LogP contribution in [-0.2, 0) is 11.3 Å². The second-order valence-corrected chi connectivity index (χ2v) is 6.97. The third kappa shape index (κ3) is 4.67. The van der Waals surface area contributed by atoms with Gasteiger partial charge >= 0.3 is 0 Å². The molecule has 2 fully saturated rings. The van der Waals surface area contributed by atoms with Crippen LogP contribution in [0.1, 0.15) is 24.8 Å². The lowest BCUT2D eigenvalue weighted by atomic mass is 10.0. The Hall–Kier alpha value is -1.14. The molecule has 2 atom stereocenters. The summed E-state index contributed by atoms with van der Waals surface area (Å²) in [6.45, 7) is 3.40. The van der Waals surface area contributed by atoms with E-state index in [1.165, 1.54) is 5.56 Å². The molecule has 3 rings (SSSR count). The molecule has 0 aromatic heterocycles. The molecule has 2 aliphatic heterocycles. The van der Waals surface area contributed by atoms with Gasteiger partial charge in [0, 0.05) is 37.2 Å². The molecule has 0 spiro atoms. The van der Waals surface area contributed by atoms with Crippen molar-refractivity contribution in [3.05, 3.63) is 34.9 Å². The molecule has 23 heavy (non-hydrogen) atoms. The van der Waals surface area contributed by atoms with Gasteiger partial charge in [0.15, 0.2) is 0 Å². The Morgan fingerprint density at radius 2 is 2.00 bits per heavy atom. The Labute approximate surface area is 142 Å². The molecule has 0 bridgehead atoms. The van der Waals surface area contributed by atoms with Crippen LogP contribution in [0.25, 0.3) is 0 Å². The van der Waals surface area contributed by atoms with Gasteiger partial charge in [0.1, 0.15) is 0 Å². The van der Waals surface area contributed by atoms with Crippen molar-refractivity contribution >= 4 is 17.5 Å². The largest absolute Gasteiger partial charge is 0.392 e. The summed E-state index contributed by atoms with van der Waals surface area (Å²) in [6, 6.07) is 7.97. The summed E-state index contributed by atoms with van der Waals surface area (Å²) in [4.78, 5) is 14.6. The van der Waals surface area contributed by atoms with Gasteiger partial charge in [-0.25, -0.2) is 0 Å². The fourth-order valence-corrected chi connectivity index (χ4v) is 3.43. The van der Waals surface area contributed by atoms with Crippen LogP contribution in [0.2, 0.25) is 5.02 Å². The van der Waals surface area contributed by atoms with Gasteiger partial charge in [-0.15, -0.1) is 0 Å². The summed E-state index contributed by atoms with van der Waals surface area (Å²) < 4.78 is 0. The van der Waals surface area contributed by atoms with Crippen molar-refractivity contribution in [1.82, 2.24) is 15.5 Å². The SMILES string of the molecule is O=C(NC1CCN(Cc2ccc(Cl)cc2)CC1)[C@@H]1C[C@@H](O)CN1. The minimum Gasteiger partial charge on any atom is -0.392 e. The van der Waals surface area contributed by atoms with E-state index in [1.54, 1.807) is 0 Å².